The van der Waals surface area contributed by atoms with Gasteiger partial charge in [-0.25, -0.2) is 8.42 Å². The molecule has 2 rings (SSSR count). The molecule has 5 nitrogen and oxygen atoms in total. The fourth-order valence-electron chi connectivity index (χ4n) is 1.59. The van der Waals surface area contributed by atoms with E-state index in [-0.39, 0.29) is 15.6 Å². The van der Waals surface area contributed by atoms with Crippen LogP contribution in [0.1, 0.15) is 5.56 Å². The third-order valence-electron chi connectivity index (χ3n) is 2.53. The number of anilines is 2. The smallest absolute Gasteiger partial charge is 0.265 e. The van der Waals surface area contributed by atoms with E-state index in [0.717, 1.165) is 0 Å². The minimum atomic E-state index is -3.83. The highest BCUT2D eigenvalue weighted by atomic mass is 35.5. The molecule has 1 heterocycles. The second-order valence-electron chi connectivity index (χ2n) is 3.95. The zero-order valence-electron chi connectivity index (χ0n) is 10.1. The number of nitrogens with one attached hydrogen (secondary N) is 1. The molecule has 0 fully saturated rings. The Labute approximate surface area is 116 Å². The van der Waals surface area contributed by atoms with Gasteiger partial charge in [-0.2, -0.15) is 0 Å². The molecular formula is C12H12ClN3O2S. The number of nitrogens with two attached hydrogens (primary N) is 1. The maximum Gasteiger partial charge on any atom is 0.265 e. The third kappa shape index (κ3) is 2.80. The van der Waals surface area contributed by atoms with Crippen LogP contribution in [0.2, 0.25) is 5.02 Å². The van der Waals surface area contributed by atoms with Gasteiger partial charge in [0.2, 0.25) is 0 Å². The van der Waals surface area contributed by atoms with Gasteiger partial charge in [0.15, 0.2) is 0 Å². The minimum Gasteiger partial charge on any atom is -0.398 e. The summed E-state index contributed by atoms with van der Waals surface area (Å²) in [6.45, 7) is 1.75. The molecule has 1 aromatic heterocycles. The normalized spacial score (nSPS) is 11.3. The van der Waals surface area contributed by atoms with Crippen molar-refractivity contribution in [2.75, 3.05) is 10.5 Å². The van der Waals surface area contributed by atoms with Gasteiger partial charge < -0.3 is 5.73 Å². The summed E-state index contributed by atoms with van der Waals surface area (Å²) in [6.07, 6.45) is 3.06. The summed E-state index contributed by atoms with van der Waals surface area (Å²) >= 11 is 5.91. The van der Waals surface area contributed by atoms with Crippen molar-refractivity contribution < 1.29 is 8.42 Å². The van der Waals surface area contributed by atoms with Crippen LogP contribution in [0.5, 0.6) is 0 Å². The van der Waals surface area contributed by atoms with Gasteiger partial charge in [-0.05, 0) is 30.7 Å². The highest BCUT2D eigenvalue weighted by molar-refractivity contribution is 7.93. The maximum absolute atomic E-state index is 12.3. The first-order valence-corrected chi connectivity index (χ1v) is 7.25. The largest absolute Gasteiger partial charge is 0.398 e. The SMILES string of the molecule is Cc1cnccc1NS(=O)(=O)c1c(N)cccc1Cl. The average molecular weight is 298 g/mol. The zero-order valence-corrected chi connectivity index (χ0v) is 11.7. The first-order chi connectivity index (χ1) is 8.92. The Hall–Kier alpha value is -1.79. The lowest BCUT2D eigenvalue weighted by atomic mass is 10.3. The molecule has 1 aromatic carbocycles. The van der Waals surface area contributed by atoms with E-state index in [1.165, 1.54) is 18.3 Å². The van der Waals surface area contributed by atoms with Crippen molar-refractivity contribution in [2.45, 2.75) is 11.8 Å². The van der Waals surface area contributed by atoms with Crippen LogP contribution in [0, 0.1) is 6.92 Å². The molecule has 0 saturated carbocycles. The lowest BCUT2D eigenvalue weighted by Gasteiger charge is -2.12. The van der Waals surface area contributed by atoms with E-state index < -0.39 is 10.0 Å². The molecule has 0 aliphatic heterocycles. The number of nitrogens with zero attached hydrogens (tertiary/aromatic N) is 1. The lowest BCUT2D eigenvalue weighted by molar-refractivity contribution is 0.601. The number of halogens is 1. The van der Waals surface area contributed by atoms with Crippen LogP contribution >= 0.6 is 11.6 Å². The molecule has 0 amide bonds. The molecule has 0 aliphatic rings. The van der Waals surface area contributed by atoms with Crippen molar-refractivity contribution in [2.24, 2.45) is 0 Å². The number of nitrogen functional groups attached to an aromatic ring is 1. The van der Waals surface area contributed by atoms with Crippen LogP contribution in [0.15, 0.2) is 41.6 Å². The molecule has 0 saturated heterocycles. The summed E-state index contributed by atoms with van der Waals surface area (Å²) < 4.78 is 27.1. The van der Waals surface area contributed by atoms with Crippen LogP contribution in [0.4, 0.5) is 11.4 Å². The van der Waals surface area contributed by atoms with Gasteiger partial charge in [0.25, 0.3) is 10.0 Å². The summed E-state index contributed by atoms with van der Waals surface area (Å²) in [7, 11) is -3.83. The molecule has 0 bridgehead atoms. The van der Waals surface area contributed by atoms with Crippen molar-refractivity contribution in [1.29, 1.82) is 0 Å². The number of aromatic nitrogens is 1. The Morgan fingerprint density at radius 2 is 2.05 bits per heavy atom. The minimum absolute atomic E-state index is 0.0826. The van der Waals surface area contributed by atoms with E-state index in [1.54, 1.807) is 25.3 Å². The van der Waals surface area contributed by atoms with Gasteiger partial charge in [0.1, 0.15) is 4.90 Å². The van der Waals surface area contributed by atoms with Crippen molar-refractivity contribution in [3.05, 3.63) is 47.2 Å². The van der Waals surface area contributed by atoms with Gasteiger partial charge in [-0.1, -0.05) is 17.7 Å². The first-order valence-electron chi connectivity index (χ1n) is 5.39. The van der Waals surface area contributed by atoms with Crippen LogP contribution < -0.4 is 10.5 Å². The summed E-state index contributed by atoms with van der Waals surface area (Å²) in [4.78, 5) is 3.78. The molecule has 100 valence electrons. The monoisotopic (exact) mass is 297 g/mol. The van der Waals surface area contributed by atoms with Gasteiger partial charge in [-0.3, -0.25) is 9.71 Å². The fraction of sp³-hybridized carbons (Fsp3) is 0.0833. The van der Waals surface area contributed by atoms with Gasteiger partial charge in [0, 0.05) is 12.4 Å². The second-order valence-corrected chi connectivity index (χ2v) is 5.98. The van der Waals surface area contributed by atoms with E-state index in [4.69, 9.17) is 17.3 Å². The van der Waals surface area contributed by atoms with E-state index in [2.05, 4.69) is 9.71 Å². The Kier molecular flexibility index (Phi) is 3.64. The fourth-order valence-corrected chi connectivity index (χ4v) is 3.40. The lowest BCUT2D eigenvalue weighted by Crippen LogP contribution is -2.16. The van der Waals surface area contributed by atoms with Gasteiger partial charge >= 0.3 is 0 Å². The van der Waals surface area contributed by atoms with Crippen molar-refractivity contribution in [3.63, 3.8) is 0 Å². The number of benzene rings is 1. The molecular weight excluding hydrogens is 286 g/mol. The van der Waals surface area contributed by atoms with Crippen LogP contribution in [0.25, 0.3) is 0 Å². The highest BCUT2D eigenvalue weighted by Gasteiger charge is 2.21. The molecule has 7 heteroatoms. The highest BCUT2D eigenvalue weighted by Crippen LogP contribution is 2.29. The number of sulfonamides is 1. The van der Waals surface area contributed by atoms with Crippen LogP contribution in [-0.2, 0) is 10.0 Å². The second kappa shape index (κ2) is 5.07. The van der Waals surface area contributed by atoms with E-state index in [1.807, 2.05) is 0 Å². The molecule has 2 aromatic rings. The van der Waals surface area contributed by atoms with Gasteiger partial charge in [-0.15, -0.1) is 0 Å². The molecule has 0 aliphatic carbocycles. The Morgan fingerprint density at radius 1 is 1.32 bits per heavy atom. The topological polar surface area (TPSA) is 85.1 Å². The maximum atomic E-state index is 12.3. The summed E-state index contributed by atoms with van der Waals surface area (Å²) in [5, 5.41) is 0.0826. The zero-order chi connectivity index (χ0) is 14.0. The van der Waals surface area contributed by atoms with Crippen molar-refractivity contribution >= 4 is 33.0 Å². The predicted molar refractivity (Wildman–Crippen MR) is 75.6 cm³/mol. The predicted octanol–water partition coefficient (Wildman–Crippen LogP) is 2.43. The van der Waals surface area contributed by atoms with Crippen molar-refractivity contribution in [3.8, 4) is 0 Å². The number of pyridine rings is 1. The van der Waals surface area contributed by atoms with E-state index in [0.29, 0.717) is 11.3 Å². The Morgan fingerprint density at radius 3 is 2.68 bits per heavy atom. The summed E-state index contributed by atoms with van der Waals surface area (Å²) in [5.74, 6) is 0. The first kappa shape index (κ1) is 13.6. The Bertz CT molecular complexity index is 696. The number of hydrogen-bond donors (Lipinski definition) is 2. The summed E-state index contributed by atoms with van der Waals surface area (Å²) in [5.41, 5.74) is 6.93. The molecule has 3 N–H and O–H groups in total. The third-order valence-corrected chi connectivity index (χ3v) is 4.44. The standard InChI is InChI=1S/C12H12ClN3O2S/c1-8-7-15-6-5-11(8)16-19(17,18)12-9(13)3-2-4-10(12)14/h2-7H,14H2,1H3,(H,15,16). The summed E-state index contributed by atoms with van der Waals surface area (Å²) in [6, 6.07) is 6.13. The molecule has 0 atom stereocenters. The molecule has 0 spiro atoms. The van der Waals surface area contributed by atoms with E-state index >= 15 is 0 Å². The number of rotatable bonds is 3. The number of hydrogen-bond acceptors (Lipinski definition) is 4. The van der Waals surface area contributed by atoms with Crippen molar-refractivity contribution in [1.82, 2.24) is 4.98 Å². The molecule has 0 radical (unpaired) electrons. The molecule has 19 heavy (non-hydrogen) atoms. The van der Waals surface area contributed by atoms with Crippen LogP contribution in [-0.4, -0.2) is 13.4 Å². The molecule has 0 unspecified atom stereocenters. The quantitative estimate of drug-likeness (QED) is 0.852. The number of aryl methyl sites for hydroxylation is 1. The van der Waals surface area contributed by atoms with Crippen LogP contribution in [0.3, 0.4) is 0 Å². The van der Waals surface area contributed by atoms with Gasteiger partial charge in [0.05, 0.1) is 16.4 Å². The average Bonchev–Trinajstić information content (AvgIpc) is 2.31. The van der Waals surface area contributed by atoms with E-state index in [9.17, 15) is 8.42 Å². The Balaban J connectivity index is 2.47.